The van der Waals surface area contributed by atoms with Gasteiger partial charge in [-0.05, 0) is 73.4 Å². The van der Waals surface area contributed by atoms with E-state index in [4.69, 9.17) is 25.5 Å². The minimum atomic E-state index is -0.481. The Hall–Kier alpha value is -4.11. The van der Waals surface area contributed by atoms with Crippen molar-refractivity contribution >= 4 is 40.4 Å². The number of hydrogen-bond donors (Lipinski definition) is 2. The number of ether oxygens (including phenoxy) is 2. The number of nitrogens with one attached hydrogen (secondary N) is 2. The summed E-state index contributed by atoms with van der Waals surface area (Å²) in [5.41, 5.74) is 3.82. The van der Waals surface area contributed by atoms with Crippen LogP contribution in [0, 0.1) is 5.82 Å². The first kappa shape index (κ1) is 27.9. The average Bonchev–Trinajstić information content (AvgIpc) is 3.35. The molecule has 0 bridgehead atoms. The summed E-state index contributed by atoms with van der Waals surface area (Å²) in [6.45, 7) is 2.64. The van der Waals surface area contributed by atoms with Gasteiger partial charge in [0.1, 0.15) is 17.1 Å². The summed E-state index contributed by atoms with van der Waals surface area (Å²) in [5.74, 6) is 0.169. The molecule has 2 amide bonds. The van der Waals surface area contributed by atoms with E-state index in [0.717, 1.165) is 24.0 Å². The van der Waals surface area contributed by atoms with Crippen LogP contribution in [-0.4, -0.2) is 37.2 Å². The van der Waals surface area contributed by atoms with Crippen LogP contribution < -0.4 is 15.4 Å². The SMILES string of the molecule is CCOC(=O)CCCCCNC(=O)Nc1ccc(OC)c(-c2nc3cc(-c4ccc(F)c(Cl)c4)ccc3o2)c1. The van der Waals surface area contributed by atoms with Gasteiger partial charge in [0.2, 0.25) is 5.89 Å². The highest BCUT2D eigenvalue weighted by molar-refractivity contribution is 6.31. The Bertz CT molecular complexity index is 1470. The summed E-state index contributed by atoms with van der Waals surface area (Å²) in [6, 6.07) is 14.8. The van der Waals surface area contributed by atoms with Crippen LogP contribution in [0.3, 0.4) is 0 Å². The van der Waals surface area contributed by atoms with E-state index in [2.05, 4.69) is 15.6 Å². The van der Waals surface area contributed by atoms with Crippen molar-refractivity contribution in [3.05, 3.63) is 65.4 Å². The van der Waals surface area contributed by atoms with Crippen molar-refractivity contribution in [3.8, 4) is 28.3 Å². The number of methoxy groups -OCH3 is 1. The molecule has 39 heavy (non-hydrogen) atoms. The molecule has 0 saturated carbocycles. The van der Waals surface area contributed by atoms with E-state index in [9.17, 15) is 14.0 Å². The van der Waals surface area contributed by atoms with Crippen LogP contribution in [0.15, 0.2) is 59.0 Å². The smallest absolute Gasteiger partial charge is 0.319 e. The number of carbonyl (C=O) groups is 2. The van der Waals surface area contributed by atoms with Crippen LogP contribution in [0.4, 0.5) is 14.9 Å². The van der Waals surface area contributed by atoms with Crippen LogP contribution >= 0.6 is 11.6 Å². The third-order valence-electron chi connectivity index (χ3n) is 5.98. The van der Waals surface area contributed by atoms with Crippen LogP contribution in [0.25, 0.3) is 33.7 Å². The summed E-state index contributed by atoms with van der Waals surface area (Å²) in [6.07, 6.45) is 2.65. The molecule has 10 heteroatoms. The molecule has 204 valence electrons. The predicted molar refractivity (Wildman–Crippen MR) is 149 cm³/mol. The zero-order valence-electron chi connectivity index (χ0n) is 21.7. The number of aromatic nitrogens is 1. The largest absolute Gasteiger partial charge is 0.496 e. The lowest BCUT2D eigenvalue weighted by molar-refractivity contribution is -0.143. The maximum atomic E-state index is 13.6. The van der Waals surface area contributed by atoms with Gasteiger partial charge in [0.25, 0.3) is 0 Å². The molecule has 0 spiro atoms. The lowest BCUT2D eigenvalue weighted by Gasteiger charge is -2.11. The highest BCUT2D eigenvalue weighted by Crippen LogP contribution is 2.35. The number of anilines is 1. The van der Waals surface area contributed by atoms with Crippen molar-refractivity contribution in [2.45, 2.75) is 32.6 Å². The second-order valence-electron chi connectivity index (χ2n) is 8.74. The summed E-state index contributed by atoms with van der Waals surface area (Å²) < 4.78 is 30.0. The van der Waals surface area contributed by atoms with Gasteiger partial charge in [-0.25, -0.2) is 14.2 Å². The number of fused-ring (bicyclic) bond motifs is 1. The van der Waals surface area contributed by atoms with Crippen molar-refractivity contribution in [1.29, 1.82) is 0 Å². The Morgan fingerprint density at radius 2 is 1.82 bits per heavy atom. The van der Waals surface area contributed by atoms with Gasteiger partial charge in [-0.15, -0.1) is 0 Å². The van der Waals surface area contributed by atoms with Crippen molar-refractivity contribution in [2.24, 2.45) is 0 Å². The van der Waals surface area contributed by atoms with Crippen LogP contribution in [0.2, 0.25) is 5.02 Å². The summed E-state index contributed by atoms with van der Waals surface area (Å²) in [4.78, 5) is 28.4. The highest BCUT2D eigenvalue weighted by Gasteiger charge is 2.16. The molecule has 0 saturated heterocycles. The van der Waals surface area contributed by atoms with Gasteiger partial charge >= 0.3 is 12.0 Å². The molecule has 0 fully saturated rings. The first-order valence-corrected chi connectivity index (χ1v) is 13.0. The minimum Gasteiger partial charge on any atom is -0.496 e. The zero-order valence-corrected chi connectivity index (χ0v) is 22.4. The summed E-state index contributed by atoms with van der Waals surface area (Å²) in [5, 5.41) is 5.67. The van der Waals surface area contributed by atoms with Gasteiger partial charge < -0.3 is 24.5 Å². The summed E-state index contributed by atoms with van der Waals surface area (Å²) in [7, 11) is 1.54. The standard InChI is InChI=1S/C29H29ClFN3O5/c1-3-38-27(35)7-5-4-6-14-32-29(36)33-20-10-13-25(37-2)21(17-20)28-34-24-16-19(9-12-26(24)39-28)18-8-11-23(31)22(30)15-18/h8-13,15-17H,3-7,14H2,1-2H3,(H2,32,33,36). The van der Waals surface area contributed by atoms with E-state index >= 15 is 0 Å². The molecular formula is C29H29ClFN3O5. The lowest BCUT2D eigenvalue weighted by Crippen LogP contribution is -2.29. The number of oxazole rings is 1. The molecule has 0 radical (unpaired) electrons. The van der Waals surface area contributed by atoms with Gasteiger partial charge in [0, 0.05) is 18.7 Å². The van der Waals surface area contributed by atoms with E-state index in [1.54, 1.807) is 50.4 Å². The number of rotatable bonds is 11. The van der Waals surface area contributed by atoms with E-state index < -0.39 is 5.82 Å². The van der Waals surface area contributed by atoms with Gasteiger partial charge in [0.05, 0.1) is 24.3 Å². The molecule has 0 aliphatic rings. The first-order valence-electron chi connectivity index (χ1n) is 12.6. The van der Waals surface area contributed by atoms with E-state index in [1.165, 1.54) is 6.07 Å². The predicted octanol–water partition coefficient (Wildman–Crippen LogP) is 7.21. The molecule has 0 unspecified atom stereocenters. The molecule has 4 aromatic rings. The van der Waals surface area contributed by atoms with Gasteiger partial charge in [-0.2, -0.15) is 0 Å². The maximum Gasteiger partial charge on any atom is 0.319 e. The Balaban J connectivity index is 1.42. The second kappa shape index (κ2) is 13.1. The normalized spacial score (nSPS) is 10.9. The number of hydrogen-bond acceptors (Lipinski definition) is 6. The number of esters is 1. The Morgan fingerprint density at radius 3 is 2.59 bits per heavy atom. The number of halogens is 2. The van der Waals surface area contributed by atoms with E-state index in [-0.39, 0.29) is 17.0 Å². The highest BCUT2D eigenvalue weighted by atomic mass is 35.5. The average molecular weight is 554 g/mol. The Kier molecular flexibility index (Phi) is 9.38. The number of amides is 2. The quantitative estimate of drug-likeness (QED) is 0.150. The lowest BCUT2D eigenvalue weighted by atomic mass is 10.1. The van der Waals surface area contributed by atoms with E-state index in [1.807, 2.05) is 12.1 Å². The molecule has 3 aromatic carbocycles. The topological polar surface area (TPSA) is 103 Å². The van der Waals surface area contributed by atoms with Crippen molar-refractivity contribution < 1.29 is 27.9 Å². The van der Waals surface area contributed by atoms with Gasteiger partial charge in [-0.1, -0.05) is 30.2 Å². The zero-order chi connectivity index (χ0) is 27.8. The molecular weight excluding hydrogens is 525 g/mol. The number of nitrogens with zero attached hydrogens (tertiary/aromatic N) is 1. The van der Waals surface area contributed by atoms with E-state index in [0.29, 0.717) is 60.0 Å². The summed E-state index contributed by atoms with van der Waals surface area (Å²) >= 11 is 5.95. The van der Waals surface area contributed by atoms with Gasteiger partial charge in [-0.3, -0.25) is 4.79 Å². The number of unbranched alkanes of at least 4 members (excludes halogenated alkanes) is 2. The Morgan fingerprint density at radius 1 is 1.03 bits per heavy atom. The van der Waals surface area contributed by atoms with Crippen LogP contribution in [-0.2, 0) is 9.53 Å². The molecule has 4 rings (SSSR count). The Labute approximate surface area is 230 Å². The molecule has 8 nitrogen and oxygen atoms in total. The van der Waals surface area contributed by atoms with Crippen molar-refractivity contribution in [1.82, 2.24) is 10.3 Å². The molecule has 0 atom stereocenters. The molecule has 0 aliphatic heterocycles. The monoisotopic (exact) mass is 553 g/mol. The number of benzene rings is 3. The number of urea groups is 1. The maximum absolute atomic E-state index is 13.6. The van der Waals surface area contributed by atoms with Crippen LogP contribution in [0.5, 0.6) is 5.75 Å². The third kappa shape index (κ3) is 7.26. The van der Waals surface area contributed by atoms with Crippen LogP contribution in [0.1, 0.15) is 32.6 Å². The van der Waals surface area contributed by atoms with Crippen molar-refractivity contribution in [3.63, 3.8) is 0 Å². The molecule has 1 aromatic heterocycles. The minimum absolute atomic E-state index is 0.0422. The fourth-order valence-electron chi connectivity index (χ4n) is 4.03. The third-order valence-corrected chi connectivity index (χ3v) is 6.27. The number of carbonyl (C=O) groups excluding carboxylic acids is 2. The fourth-order valence-corrected chi connectivity index (χ4v) is 4.21. The van der Waals surface area contributed by atoms with Crippen molar-refractivity contribution in [2.75, 3.05) is 25.6 Å². The second-order valence-corrected chi connectivity index (χ2v) is 9.15. The van der Waals surface area contributed by atoms with Gasteiger partial charge in [0.15, 0.2) is 5.58 Å². The fraction of sp³-hybridized carbons (Fsp3) is 0.276. The molecule has 0 aliphatic carbocycles. The molecule has 1 heterocycles. The first-order chi connectivity index (χ1) is 18.9. The molecule has 2 N–H and O–H groups in total.